The van der Waals surface area contributed by atoms with Crippen molar-refractivity contribution in [1.29, 1.82) is 5.26 Å². The van der Waals surface area contributed by atoms with E-state index in [-0.39, 0.29) is 17.9 Å². The van der Waals surface area contributed by atoms with Gasteiger partial charge in [-0.2, -0.15) is 5.26 Å². The molecule has 2 aliphatic rings. The predicted molar refractivity (Wildman–Crippen MR) is 69.5 cm³/mol. The lowest BCUT2D eigenvalue weighted by molar-refractivity contribution is -0.139. The van der Waals surface area contributed by atoms with Gasteiger partial charge in [0.05, 0.1) is 6.07 Å². The molecule has 1 unspecified atom stereocenters. The number of amides is 1. The maximum atomic E-state index is 12.4. The van der Waals surface area contributed by atoms with Gasteiger partial charge in [0.1, 0.15) is 5.75 Å². The van der Waals surface area contributed by atoms with Crippen molar-refractivity contribution >= 4 is 5.91 Å². The summed E-state index contributed by atoms with van der Waals surface area (Å²) in [4.78, 5) is 14.2. The van der Waals surface area contributed by atoms with E-state index >= 15 is 0 Å². The Morgan fingerprint density at radius 2 is 2.05 bits per heavy atom. The predicted octanol–water partition coefficient (Wildman–Crippen LogP) is 1.75. The lowest BCUT2D eigenvalue weighted by Gasteiger charge is -2.30. The molecule has 3 rings (SSSR count). The molecule has 0 N–H and O–H groups in total. The van der Waals surface area contributed by atoms with Crippen molar-refractivity contribution in [2.75, 3.05) is 13.1 Å². The van der Waals surface area contributed by atoms with Crippen LogP contribution in [0.5, 0.6) is 5.75 Å². The number of para-hydroxylation sites is 1. The number of piperidine rings is 1. The van der Waals surface area contributed by atoms with Crippen LogP contribution in [0.2, 0.25) is 0 Å². The maximum absolute atomic E-state index is 12.4. The summed E-state index contributed by atoms with van der Waals surface area (Å²) in [7, 11) is 0. The fourth-order valence-electron chi connectivity index (χ4n) is 2.75. The fourth-order valence-corrected chi connectivity index (χ4v) is 2.75. The Hall–Kier alpha value is -2.02. The van der Waals surface area contributed by atoms with Crippen LogP contribution in [0.15, 0.2) is 24.3 Å². The summed E-state index contributed by atoms with van der Waals surface area (Å²) in [6, 6.07) is 10.1. The molecule has 1 aromatic carbocycles. The molecule has 19 heavy (non-hydrogen) atoms. The largest absolute Gasteiger partial charge is 0.480 e. The fraction of sp³-hybridized carbons (Fsp3) is 0.467. The highest BCUT2D eigenvalue weighted by molar-refractivity contribution is 5.82. The number of nitriles is 1. The zero-order valence-corrected chi connectivity index (χ0v) is 10.7. The van der Waals surface area contributed by atoms with Crippen molar-refractivity contribution in [3.8, 4) is 11.8 Å². The molecule has 1 aromatic rings. The van der Waals surface area contributed by atoms with E-state index in [1.165, 1.54) is 0 Å². The van der Waals surface area contributed by atoms with Crippen LogP contribution >= 0.6 is 0 Å². The normalized spacial score (nSPS) is 22.5. The average molecular weight is 256 g/mol. The third-order valence-corrected chi connectivity index (χ3v) is 3.91. The van der Waals surface area contributed by atoms with Crippen molar-refractivity contribution in [3.63, 3.8) is 0 Å². The number of hydrogen-bond donors (Lipinski definition) is 0. The van der Waals surface area contributed by atoms with Crippen LogP contribution in [0.1, 0.15) is 18.4 Å². The second-order valence-corrected chi connectivity index (χ2v) is 5.15. The molecular weight excluding hydrogens is 240 g/mol. The second-order valence-electron chi connectivity index (χ2n) is 5.15. The number of carbonyl (C=O) groups is 1. The molecule has 2 heterocycles. The molecule has 0 aliphatic carbocycles. The first kappa shape index (κ1) is 12.0. The van der Waals surface area contributed by atoms with Crippen LogP contribution in [-0.4, -0.2) is 30.0 Å². The number of hydrogen-bond acceptors (Lipinski definition) is 3. The van der Waals surface area contributed by atoms with Crippen molar-refractivity contribution in [2.24, 2.45) is 5.92 Å². The zero-order valence-electron chi connectivity index (χ0n) is 10.7. The van der Waals surface area contributed by atoms with Gasteiger partial charge in [-0.05, 0) is 24.5 Å². The summed E-state index contributed by atoms with van der Waals surface area (Å²) in [5.41, 5.74) is 1.10. The molecule has 0 spiro atoms. The van der Waals surface area contributed by atoms with Crippen molar-refractivity contribution in [1.82, 2.24) is 4.90 Å². The molecule has 0 saturated carbocycles. The highest BCUT2D eigenvalue weighted by Crippen LogP contribution is 2.29. The van der Waals surface area contributed by atoms with Gasteiger partial charge >= 0.3 is 0 Å². The maximum Gasteiger partial charge on any atom is 0.263 e. The van der Waals surface area contributed by atoms with Crippen LogP contribution in [0.3, 0.4) is 0 Å². The van der Waals surface area contributed by atoms with Gasteiger partial charge in [0.25, 0.3) is 5.91 Å². The number of fused-ring (bicyclic) bond motifs is 1. The standard InChI is InChI=1S/C15H16N2O2/c16-10-11-5-7-17(8-6-11)15(18)14-9-12-3-1-2-4-13(12)19-14/h1-4,11,14H,5-9H2. The van der Waals surface area contributed by atoms with Gasteiger partial charge in [-0.15, -0.1) is 0 Å². The monoisotopic (exact) mass is 256 g/mol. The van der Waals surface area contributed by atoms with Crippen LogP contribution in [0.25, 0.3) is 0 Å². The van der Waals surface area contributed by atoms with E-state index in [1.807, 2.05) is 29.2 Å². The molecule has 1 saturated heterocycles. The van der Waals surface area contributed by atoms with E-state index in [1.54, 1.807) is 0 Å². The second kappa shape index (κ2) is 4.93. The molecular formula is C15H16N2O2. The number of ether oxygens (including phenoxy) is 1. The minimum absolute atomic E-state index is 0.0626. The number of nitrogens with zero attached hydrogens (tertiary/aromatic N) is 2. The summed E-state index contributed by atoms with van der Waals surface area (Å²) in [6.07, 6.45) is 1.84. The molecule has 0 bridgehead atoms. The van der Waals surface area contributed by atoms with Crippen LogP contribution in [0.4, 0.5) is 0 Å². The van der Waals surface area contributed by atoms with Gasteiger partial charge in [0, 0.05) is 25.4 Å². The molecule has 1 atom stereocenters. The Morgan fingerprint density at radius 3 is 2.74 bits per heavy atom. The van der Waals surface area contributed by atoms with E-state index in [2.05, 4.69) is 6.07 Å². The summed E-state index contributed by atoms with van der Waals surface area (Å²) < 4.78 is 5.72. The molecule has 0 radical (unpaired) electrons. The smallest absolute Gasteiger partial charge is 0.263 e. The Kier molecular flexibility index (Phi) is 3.12. The number of carbonyl (C=O) groups excluding carboxylic acids is 1. The Balaban J connectivity index is 1.63. The van der Waals surface area contributed by atoms with E-state index in [4.69, 9.17) is 10.00 Å². The third kappa shape index (κ3) is 2.28. The lowest BCUT2D eigenvalue weighted by atomic mass is 9.98. The van der Waals surface area contributed by atoms with Gasteiger partial charge in [0.2, 0.25) is 0 Å². The molecule has 2 aliphatic heterocycles. The molecule has 1 amide bonds. The summed E-state index contributed by atoms with van der Waals surface area (Å²) >= 11 is 0. The molecule has 4 nitrogen and oxygen atoms in total. The average Bonchev–Trinajstić information content (AvgIpc) is 2.90. The van der Waals surface area contributed by atoms with Gasteiger partial charge in [-0.3, -0.25) is 4.79 Å². The van der Waals surface area contributed by atoms with Crippen LogP contribution in [0, 0.1) is 17.2 Å². The Labute approximate surface area is 112 Å². The highest BCUT2D eigenvalue weighted by Gasteiger charge is 2.33. The molecule has 4 heteroatoms. The molecule has 98 valence electrons. The van der Waals surface area contributed by atoms with Gasteiger partial charge in [0.15, 0.2) is 6.10 Å². The quantitative estimate of drug-likeness (QED) is 0.769. The first-order chi connectivity index (χ1) is 9.28. The SMILES string of the molecule is N#CC1CCN(C(=O)C2Cc3ccccc3O2)CC1. The van der Waals surface area contributed by atoms with E-state index < -0.39 is 0 Å². The molecule has 1 fully saturated rings. The van der Waals surface area contributed by atoms with Gasteiger partial charge < -0.3 is 9.64 Å². The van der Waals surface area contributed by atoms with Crippen molar-refractivity contribution < 1.29 is 9.53 Å². The van der Waals surface area contributed by atoms with E-state index in [9.17, 15) is 4.79 Å². The minimum Gasteiger partial charge on any atom is -0.480 e. The Bertz CT molecular complexity index is 502. The Morgan fingerprint density at radius 1 is 1.32 bits per heavy atom. The number of rotatable bonds is 1. The summed E-state index contributed by atoms with van der Waals surface area (Å²) in [5, 5.41) is 8.87. The summed E-state index contributed by atoms with van der Waals surface area (Å²) in [6.45, 7) is 1.35. The first-order valence-electron chi connectivity index (χ1n) is 6.71. The van der Waals surface area contributed by atoms with E-state index in [0.717, 1.165) is 24.2 Å². The van der Waals surface area contributed by atoms with Gasteiger partial charge in [-0.1, -0.05) is 18.2 Å². The lowest BCUT2D eigenvalue weighted by Crippen LogP contribution is -2.45. The zero-order chi connectivity index (χ0) is 13.2. The number of benzene rings is 1. The summed E-state index contributed by atoms with van der Waals surface area (Å²) in [5.74, 6) is 0.992. The highest BCUT2D eigenvalue weighted by atomic mass is 16.5. The topological polar surface area (TPSA) is 53.3 Å². The minimum atomic E-state index is -0.379. The van der Waals surface area contributed by atoms with E-state index in [0.29, 0.717) is 19.5 Å². The van der Waals surface area contributed by atoms with Crippen LogP contribution in [-0.2, 0) is 11.2 Å². The van der Waals surface area contributed by atoms with Crippen LogP contribution < -0.4 is 4.74 Å². The first-order valence-corrected chi connectivity index (χ1v) is 6.71. The van der Waals surface area contributed by atoms with Gasteiger partial charge in [-0.25, -0.2) is 0 Å². The molecule has 0 aromatic heterocycles. The van der Waals surface area contributed by atoms with Crippen molar-refractivity contribution in [3.05, 3.63) is 29.8 Å². The third-order valence-electron chi connectivity index (χ3n) is 3.91. The number of likely N-dealkylation sites (tertiary alicyclic amines) is 1. The van der Waals surface area contributed by atoms with Crippen molar-refractivity contribution in [2.45, 2.75) is 25.4 Å².